The number of aryl methyl sites for hydroxylation is 1. The number of nitrogens with one attached hydrogen (secondary N) is 2. The van der Waals surface area contributed by atoms with Crippen molar-refractivity contribution in [2.45, 2.75) is 19.0 Å². The topological polar surface area (TPSA) is 93.2 Å². The van der Waals surface area contributed by atoms with Crippen LogP contribution in [0.25, 0.3) is 0 Å². The number of benzene rings is 2. The number of amides is 2. The molecule has 0 atom stereocenters. The molecule has 0 aliphatic carbocycles. The van der Waals surface area contributed by atoms with Crippen molar-refractivity contribution in [1.29, 1.82) is 0 Å². The third-order valence-corrected chi connectivity index (χ3v) is 4.77. The van der Waals surface area contributed by atoms with E-state index < -0.39 is 28.6 Å². The second kappa shape index (κ2) is 10.3. The van der Waals surface area contributed by atoms with Crippen molar-refractivity contribution in [2.75, 3.05) is 12.4 Å². The Morgan fingerprint density at radius 3 is 2.45 bits per heavy atom. The molecule has 0 unspecified atom stereocenters. The Hall–Kier alpha value is -3.66. The number of hydrogen-bond donors (Lipinski definition) is 2. The highest BCUT2D eigenvalue weighted by atomic mass is 35.5. The van der Waals surface area contributed by atoms with Crippen LogP contribution in [0.2, 0.25) is 5.02 Å². The molecule has 3 aromatic rings. The van der Waals surface area contributed by atoms with Crippen LogP contribution < -0.4 is 15.4 Å². The van der Waals surface area contributed by atoms with Crippen LogP contribution in [0.15, 0.2) is 54.7 Å². The first kappa shape index (κ1) is 24.0. The second-order valence-corrected chi connectivity index (χ2v) is 7.25. The highest BCUT2D eigenvalue weighted by molar-refractivity contribution is 6.31. The molecule has 2 N–H and O–H groups in total. The molecule has 0 fully saturated rings. The minimum atomic E-state index is -4.61. The van der Waals surface area contributed by atoms with E-state index in [1.54, 1.807) is 24.3 Å². The zero-order valence-electron chi connectivity index (χ0n) is 17.2. The van der Waals surface area contributed by atoms with Gasteiger partial charge in [-0.15, -0.1) is 5.10 Å². The number of alkyl halides is 3. The van der Waals surface area contributed by atoms with Gasteiger partial charge in [0.2, 0.25) is 5.91 Å². The summed E-state index contributed by atoms with van der Waals surface area (Å²) in [6, 6.07) is 11.5. The summed E-state index contributed by atoms with van der Waals surface area (Å²) in [5, 5.41) is 11.9. The summed E-state index contributed by atoms with van der Waals surface area (Å²) in [4.78, 5) is 23.8. The van der Waals surface area contributed by atoms with Gasteiger partial charge in [0.1, 0.15) is 11.5 Å². The summed E-state index contributed by atoms with van der Waals surface area (Å²) in [5.41, 5.74) is -0.0591. The van der Waals surface area contributed by atoms with Crippen LogP contribution >= 0.6 is 11.6 Å². The number of ether oxygens (including phenoxy) is 1. The monoisotopic (exact) mass is 478 g/mol. The lowest BCUT2D eigenvalue weighted by Gasteiger charge is -2.12. The maximum absolute atomic E-state index is 12.9. The Bertz CT molecular complexity index is 1150. The molecule has 2 amide bonds. The van der Waals surface area contributed by atoms with Crippen molar-refractivity contribution in [3.05, 3.63) is 76.6 Å². The fourth-order valence-corrected chi connectivity index (χ4v) is 3.03. The Morgan fingerprint density at radius 2 is 1.79 bits per heavy atom. The molecule has 0 aliphatic heterocycles. The van der Waals surface area contributed by atoms with Crippen LogP contribution in [0.4, 0.5) is 18.9 Å². The Labute approximate surface area is 191 Å². The van der Waals surface area contributed by atoms with Gasteiger partial charge in [0.25, 0.3) is 5.91 Å². The number of hydrogen-bond acceptors (Lipinski definition) is 5. The van der Waals surface area contributed by atoms with E-state index in [9.17, 15) is 22.8 Å². The van der Waals surface area contributed by atoms with Crippen molar-refractivity contribution in [3.63, 3.8) is 0 Å². The van der Waals surface area contributed by atoms with E-state index in [4.69, 9.17) is 16.3 Å². The van der Waals surface area contributed by atoms with E-state index >= 15 is 0 Å². The van der Waals surface area contributed by atoms with Gasteiger partial charge in [-0.05, 0) is 42.3 Å². The number of nitrogens with zero attached hydrogens (tertiary/aromatic N) is 2. The summed E-state index contributed by atoms with van der Waals surface area (Å²) < 4.78 is 44.5. The lowest BCUT2D eigenvalue weighted by molar-refractivity contribution is -0.137. The van der Waals surface area contributed by atoms with Crippen molar-refractivity contribution >= 4 is 29.1 Å². The summed E-state index contributed by atoms with van der Waals surface area (Å²) in [7, 11) is 1.48. The summed E-state index contributed by atoms with van der Waals surface area (Å²) >= 11 is 5.58. The number of halogens is 4. The van der Waals surface area contributed by atoms with Gasteiger partial charge in [0, 0.05) is 25.2 Å². The Balaban J connectivity index is 1.55. The molecule has 33 heavy (non-hydrogen) atoms. The van der Waals surface area contributed by atoms with Crippen LogP contribution in [-0.4, -0.2) is 29.1 Å². The average Bonchev–Trinajstić information content (AvgIpc) is 2.79. The van der Waals surface area contributed by atoms with Crippen molar-refractivity contribution in [2.24, 2.45) is 0 Å². The number of rotatable bonds is 7. The standard InChI is InChI=1S/C22H18ClF3N4O3/c1-27-21(32)19-11-16(12-28-30-19)33-15-6-2-13(3-7-15)4-9-20(31)29-14-5-8-18(23)17(10-14)22(24,25)26/h2-3,5-8,10-12H,4,9H2,1H3,(H,27,32)(H,29,31). The molecule has 0 spiro atoms. The SMILES string of the molecule is CNC(=O)c1cc(Oc2ccc(CCC(=O)Nc3ccc(Cl)c(C(F)(F)F)c3)cc2)cnn1. The van der Waals surface area contributed by atoms with Gasteiger partial charge >= 0.3 is 6.18 Å². The average molecular weight is 479 g/mol. The molecule has 1 aromatic heterocycles. The van der Waals surface area contributed by atoms with Crippen LogP contribution in [-0.2, 0) is 17.4 Å². The molecule has 2 aromatic carbocycles. The molecule has 0 saturated carbocycles. The highest BCUT2D eigenvalue weighted by Crippen LogP contribution is 2.36. The minimum Gasteiger partial charge on any atom is -0.456 e. The molecular formula is C22H18ClF3N4O3. The van der Waals surface area contributed by atoms with Gasteiger partial charge < -0.3 is 15.4 Å². The van der Waals surface area contributed by atoms with Gasteiger partial charge in [0.05, 0.1) is 16.8 Å². The zero-order valence-corrected chi connectivity index (χ0v) is 18.0. The first-order valence-electron chi connectivity index (χ1n) is 9.64. The molecule has 11 heteroatoms. The van der Waals surface area contributed by atoms with Crippen LogP contribution in [0.1, 0.15) is 28.0 Å². The molecular weight excluding hydrogens is 461 g/mol. The molecule has 172 valence electrons. The lowest BCUT2D eigenvalue weighted by Crippen LogP contribution is -2.19. The van der Waals surface area contributed by atoms with Gasteiger partial charge in [-0.25, -0.2) is 0 Å². The molecule has 0 aliphatic rings. The number of carbonyl (C=O) groups is 2. The molecule has 1 heterocycles. The van der Waals surface area contributed by atoms with E-state index in [0.29, 0.717) is 17.9 Å². The number of aromatic nitrogens is 2. The van der Waals surface area contributed by atoms with E-state index in [1.807, 2.05) is 0 Å². The fourth-order valence-electron chi connectivity index (χ4n) is 2.81. The third kappa shape index (κ3) is 6.66. The lowest BCUT2D eigenvalue weighted by atomic mass is 10.1. The van der Waals surface area contributed by atoms with E-state index in [1.165, 1.54) is 25.4 Å². The summed E-state index contributed by atoms with van der Waals surface area (Å²) in [6.45, 7) is 0. The number of carbonyl (C=O) groups excluding carboxylic acids is 2. The van der Waals surface area contributed by atoms with Crippen molar-refractivity contribution < 1.29 is 27.5 Å². The molecule has 0 bridgehead atoms. The maximum atomic E-state index is 12.9. The van der Waals surface area contributed by atoms with Crippen molar-refractivity contribution in [1.82, 2.24) is 15.5 Å². The van der Waals surface area contributed by atoms with Crippen LogP contribution in [0, 0.1) is 0 Å². The fraction of sp³-hybridized carbons (Fsp3) is 0.182. The summed E-state index contributed by atoms with van der Waals surface area (Å²) in [5.74, 6) is -0.0120. The highest BCUT2D eigenvalue weighted by Gasteiger charge is 2.33. The molecule has 7 nitrogen and oxygen atoms in total. The molecule has 0 radical (unpaired) electrons. The normalized spacial score (nSPS) is 11.1. The van der Waals surface area contributed by atoms with Gasteiger partial charge in [-0.3, -0.25) is 9.59 Å². The van der Waals surface area contributed by atoms with Gasteiger partial charge in [-0.2, -0.15) is 18.3 Å². The minimum absolute atomic E-state index is 0.0163. The second-order valence-electron chi connectivity index (χ2n) is 6.84. The largest absolute Gasteiger partial charge is 0.456 e. The first-order valence-corrected chi connectivity index (χ1v) is 10.0. The molecule has 0 saturated heterocycles. The molecule has 3 rings (SSSR count). The third-order valence-electron chi connectivity index (χ3n) is 4.44. The predicted molar refractivity (Wildman–Crippen MR) is 115 cm³/mol. The van der Waals surface area contributed by atoms with Crippen molar-refractivity contribution in [3.8, 4) is 11.5 Å². The maximum Gasteiger partial charge on any atom is 0.417 e. The smallest absolute Gasteiger partial charge is 0.417 e. The quantitative estimate of drug-likeness (QED) is 0.505. The van der Waals surface area contributed by atoms with E-state index in [2.05, 4.69) is 20.8 Å². The Morgan fingerprint density at radius 1 is 1.06 bits per heavy atom. The van der Waals surface area contributed by atoms with E-state index in [0.717, 1.165) is 17.7 Å². The van der Waals surface area contributed by atoms with Gasteiger partial charge in [0.15, 0.2) is 5.69 Å². The van der Waals surface area contributed by atoms with E-state index in [-0.39, 0.29) is 17.8 Å². The Kier molecular flexibility index (Phi) is 7.49. The number of anilines is 1. The first-order chi connectivity index (χ1) is 15.7. The summed E-state index contributed by atoms with van der Waals surface area (Å²) in [6.07, 6.45) is -2.82. The predicted octanol–water partition coefficient (Wildman–Crippen LogP) is 4.87. The van der Waals surface area contributed by atoms with Gasteiger partial charge in [-0.1, -0.05) is 23.7 Å². The van der Waals surface area contributed by atoms with Crippen LogP contribution in [0.3, 0.4) is 0 Å². The van der Waals surface area contributed by atoms with Crippen LogP contribution in [0.5, 0.6) is 11.5 Å². The zero-order chi connectivity index (χ0) is 24.0.